The maximum absolute atomic E-state index is 13.6. The number of aromatic nitrogens is 2. The van der Waals surface area contributed by atoms with Crippen molar-refractivity contribution in [2.75, 3.05) is 13.7 Å². The lowest BCUT2D eigenvalue weighted by Crippen LogP contribution is -2.64. The van der Waals surface area contributed by atoms with Crippen LogP contribution >= 0.6 is 0 Å². The lowest BCUT2D eigenvalue weighted by molar-refractivity contribution is -0.0266. The van der Waals surface area contributed by atoms with Gasteiger partial charge in [0.25, 0.3) is 5.91 Å². The summed E-state index contributed by atoms with van der Waals surface area (Å²) in [4.78, 5) is 23.1. The average Bonchev–Trinajstić information content (AvgIpc) is 3.17. The van der Waals surface area contributed by atoms with E-state index in [2.05, 4.69) is 47.8 Å². The number of rotatable bonds is 2. The largest absolute Gasteiger partial charge is 0.496 e. The van der Waals surface area contributed by atoms with E-state index in [9.17, 15) is 4.79 Å². The van der Waals surface area contributed by atoms with Crippen molar-refractivity contribution in [3.05, 3.63) is 59.4 Å². The number of hydrogen-bond acceptors (Lipinski definition) is 3. The zero-order valence-electron chi connectivity index (χ0n) is 17.5. The molecule has 1 aromatic heterocycles. The van der Waals surface area contributed by atoms with Crippen LogP contribution in [0.2, 0.25) is 0 Å². The van der Waals surface area contributed by atoms with Gasteiger partial charge in [-0.25, -0.2) is 4.98 Å². The summed E-state index contributed by atoms with van der Waals surface area (Å²) in [7, 11) is 1.73. The molecule has 1 aliphatic heterocycles. The fraction of sp³-hybridized carbons (Fsp3) is 0.417. The van der Waals surface area contributed by atoms with Gasteiger partial charge in [-0.2, -0.15) is 0 Å². The first-order valence-electron chi connectivity index (χ1n) is 10.3. The molecule has 2 aliphatic rings. The van der Waals surface area contributed by atoms with Gasteiger partial charge in [0.2, 0.25) is 0 Å². The van der Waals surface area contributed by atoms with Gasteiger partial charge in [0.1, 0.15) is 5.75 Å². The Labute approximate surface area is 171 Å². The van der Waals surface area contributed by atoms with Crippen LogP contribution in [0.5, 0.6) is 5.75 Å². The van der Waals surface area contributed by atoms with Crippen LogP contribution in [0.3, 0.4) is 0 Å². The van der Waals surface area contributed by atoms with Crippen LogP contribution in [-0.4, -0.2) is 40.5 Å². The fourth-order valence-corrected chi connectivity index (χ4v) is 5.58. The number of benzene rings is 2. The van der Waals surface area contributed by atoms with E-state index < -0.39 is 0 Å². The number of carbonyl (C=O) groups is 1. The Morgan fingerprint density at radius 3 is 2.86 bits per heavy atom. The number of aromatic amines is 1. The first kappa shape index (κ1) is 18.2. The maximum Gasteiger partial charge on any atom is 0.254 e. The van der Waals surface area contributed by atoms with E-state index in [1.54, 1.807) is 13.4 Å². The highest BCUT2D eigenvalue weighted by Gasteiger charge is 2.57. The molecule has 1 fully saturated rings. The molecule has 0 saturated carbocycles. The van der Waals surface area contributed by atoms with Crippen LogP contribution in [0, 0.1) is 5.41 Å². The van der Waals surface area contributed by atoms with E-state index in [-0.39, 0.29) is 22.8 Å². The van der Waals surface area contributed by atoms with Crippen molar-refractivity contribution < 1.29 is 9.53 Å². The lowest BCUT2D eigenvalue weighted by atomic mass is 9.51. The van der Waals surface area contributed by atoms with Crippen LogP contribution in [0.1, 0.15) is 48.7 Å². The van der Waals surface area contributed by atoms with Crippen LogP contribution < -0.4 is 4.74 Å². The van der Waals surface area contributed by atoms with Crippen molar-refractivity contribution in [1.29, 1.82) is 0 Å². The van der Waals surface area contributed by atoms with Crippen molar-refractivity contribution in [3.8, 4) is 5.75 Å². The third-order valence-corrected chi connectivity index (χ3v) is 7.76. The van der Waals surface area contributed by atoms with Crippen molar-refractivity contribution in [2.45, 2.75) is 45.1 Å². The molecule has 0 radical (unpaired) electrons. The van der Waals surface area contributed by atoms with Gasteiger partial charge in [0, 0.05) is 23.6 Å². The van der Waals surface area contributed by atoms with Gasteiger partial charge in [0.15, 0.2) is 0 Å². The number of amides is 1. The Morgan fingerprint density at radius 1 is 1.24 bits per heavy atom. The molecule has 5 nitrogen and oxygen atoms in total. The molecule has 3 aromatic rings. The fourth-order valence-electron chi connectivity index (χ4n) is 5.58. The van der Waals surface area contributed by atoms with E-state index >= 15 is 0 Å². The number of H-pyrrole nitrogens is 1. The topological polar surface area (TPSA) is 58.2 Å². The molecule has 150 valence electrons. The summed E-state index contributed by atoms with van der Waals surface area (Å²) in [5.41, 5.74) is 5.08. The second kappa shape index (κ2) is 6.09. The molecular formula is C24H27N3O2. The predicted octanol–water partition coefficient (Wildman–Crippen LogP) is 4.33. The molecule has 1 amide bonds. The third kappa shape index (κ3) is 2.39. The normalized spacial score (nSPS) is 25.0. The predicted molar refractivity (Wildman–Crippen MR) is 113 cm³/mol. The Bertz CT molecular complexity index is 1120. The Balaban J connectivity index is 1.58. The minimum Gasteiger partial charge on any atom is -0.496 e. The summed E-state index contributed by atoms with van der Waals surface area (Å²) >= 11 is 0. The molecule has 5 rings (SSSR count). The highest BCUT2D eigenvalue weighted by atomic mass is 16.5. The molecule has 1 aliphatic carbocycles. The van der Waals surface area contributed by atoms with Crippen molar-refractivity contribution in [2.24, 2.45) is 5.41 Å². The third-order valence-electron chi connectivity index (χ3n) is 7.76. The first-order chi connectivity index (χ1) is 13.9. The Kier molecular flexibility index (Phi) is 3.83. The average molecular weight is 389 g/mol. The highest BCUT2D eigenvalue weighted by Crippen LogP contribution is 2.57. The molecule has 2 bridgehead atoms. The molecule has 2 atom stereocenters. The summed E-state index contributed by atoms with van der Waals surface area (Å²) < 4.78 is 5.70. The molecule has 2 aromatic carbocycles. The number of likely N-dealkylation sites (tertiary alicyclic amines) is 1. The number of nitrogens with one attached hydrogen (secondary N) is 1. The minimum absolute atomic E-state index is 0.00387. The van der Waals surface area contributed by atoms with E-state index in [0.29, 0.717) is 5.56 Å². The molecule has 29 heavy (non-hydrogen) atoms. The number of nitrogens with zero attached hydrogens (tertiary/aromatic N) is 2. The van der Waals surface area contributed by atoms with Gasteiger partial charge in [0.05, 0.1) is 24.5 Å². The number of imidazole rings is 1. The summed E-state index contributed by atoms with van der Waals surface area (Å²) in [6, 6.07) is 12.2. The molecule has 5 heteroatoms. The van der Waals surface area contributed by atoms with Crippen LogP contribution in [0.25, 0.3) is 11.0 Å². The number of fused-ring (bicyclic) bond motifs is 5. The smallest absolute Gasteiger partial charge is 0.254 e. The van der Waals surface area contributed by atoms with Gasteiger partial charge in [-0.3, -0.25) is 4.79 Å². The highest BCUT2D eigenvalue weighted by molar-refractivity contribution is 5.97. The van der Waals surface area contributed by atoms with Gasteiger partial charge in [-0.15, -0.1) is 0 Å². The zero-order chi connectivity index (χ0) is 20.4. The van der Waals surface area contributed by atoms with Crippen LogP contribution in [0.4, 0.5) is 0 Å². The summed E-state index contributed by atoms with van der Waals surface area (Å²) in [6.07, 6.45) is 3.42. The molecule has 2 unspecified atom stereocenters. The molecular weight excluding hydrogens is 362 g/mol. The van der Waals surface area contributed by atoms with Gasteiger partial charge in [-0.1, -0.05) is 32.9 Å². The number of methoxy groups -OCH3 is 1. The Morgan fingerprint density at radius 2 is 2.07 bits per heavy atom. The lowest BCUT2D eigenvalue weighted by Gasteiger charge is -2.60. The van der Waals surface area contributed by atoms with Crippen LogP contribution in [-0.2, 0) is 11.8 Å². The quantitative estimate of drug-likeness (QED) is 0.710. The summed E-state index contributed by atoms with van der Waals surface area (Å²) in [5, 5.41) is 0. The Hall–Kier alpha value is -2.82. The summed E-state index contributed by atoms with van der Waals surface area (Å²) in [5.74, 6) is 1.03. The monoisotopic (exact) mass is 389 g/mol. The number of hydrogen-bond donors (Lipinski definition) is 1. The number of carbonyl (C=O) groups excluding carboxylic acids is 1. The van der Waals surface area contributed by atoms with E-state index in [4.69, 9.17) is 4.74 Å². The second-order valence-electron chi connectivity index (χ2n) is 9.14. The number of piperidine rings is 1. The summed E-state index contributed by atoms with van der Waals surface area (Å²) in [6.45, 7) is 7.76. The second-order valence-corrected chi connectivity index (χ2v) is 9.14. The number of ether oxygens (including phenoxy) is 1. The van der Waals surface area contributed by atoms with E-state index in [1.807, 2.05) is 24.3 Å². The molecule has 2 heterocycles. The molecule has 0 spiro atoms. The van der Waals surface area contributed by atoms with Crippen molar-refractivity contribution in [1.82, 2.24) is 14.9 Å². The van der Waals surface area contributed by atoms with Gasteiger partial charge < -0.3 is 14.6 Å². The van der Waals surface area contributed by atoms with E-state index in [1.165, 1.54) is 11.1 Å². The van der Waals surface area contributed by atoms with Gasteiger partial charge >= 0.3 is 0 Å². The van der Waals surface area contributed by atoms with Crippen molar-refractivity contribution >= 4 is 16.9 Å². The van der Waals surface area contributed by atoms with Crippen molar-refractivity contribution in [3.63, 3.8) is 0 Å². The van der Waals surface area contributed by atoms with Crippen LogP contribution in [0.15, 0.2) is 42.7 Å². The minimum atomic E-state index is -0.0433. The molecule has 1 N–H and O–H groups in total. The SMILES string of the molecule is COc1cccc2c1CC1N(C(=O)c3ccc4nc[nH]c4c3)CCC2(C)C1(C)C. The van der Waals surface area contributed by atoms with E-state index in [0.717, 1.165) is 36.2 Å². The standard InChI is InChI=1S/C24H27N3O2/c1-23(2)21-13-16-17(6-5-7-20(16)29-4)24(23,3)10-11-27(21)22(28)15-8-9-18-19(12-15)26-14-25-18/h5-9,12,14,21H,10-11,13H2,1-4H3,(H,25,26). The maximum atomic E-state index is 13.6. The molecule has 1 saturated heterocycles. The van der Waals surface area contributed by atoms with Gasteiger partial charge in [-0.05, 0) is 53.6 Å². The zero-order valence-corrected chi connectivity index (χ0v) is 17.5. The first-order valence-corrected chi connectivity index (χ1v) is 10.3.